The van der Waals surface area contributed by atoms with E-state index in [1.54, 1.807) is 4.90 Å². The van der Waals surface area contributed by atoms with Gasteiger partial charge in [0.1, 0.15) is 0 Å². The highest BCUT2D eigenvalue weighted by Gasteiger charge is 2.28. The molecule has 2 rings (SSSR count). The molecule has 1 aromatic rings. The third-order valence-corrected chi connectivity index (χ3v) is 4.61. The molecule has 0 aromatic heterocycles. The van der Waals surface area contributed by atoms with Gasteiger partial charge in [0.25, 0.3) is 0 Å². The second-order valence-electron chi connectivity index (χ2n) is 6.04. The van der Waals surface area contributed by atoms with Crippen LogP contribution in [0.5, 0.6) is 0 Å². The van der Waals surface area contributed by atoms with Crippen LogP contribution in [-0.4, -0.2) is 57.7 Å². The van der Waals surface area contributed by atoms with Crippen LogP contribution in [-0.2, 0) is 14.8 Å². The lowest BCUT2D eigenvalue weighted by atomic mass is 9.97. The van der Waals surface area contributed by atoms with Crippen LogP contribution in [0.15, 0.2) is 30.3 Å². The number of nitrogens with zero attached hydrogens (tertiary/aromatic N) is 1. The van der Waals surface area contributed by atoms with Gasteiger partial charge in [0.05, 0.1) is 12.2 Å². The fourth-order valence-corrected chi connectivity index (χ4v) is 3.13. The molecule has 1 aromatic carbocycles. The molecule has 1 fully saturated rings. The minimum atomic E-state index is -3.26. The van der Waals surface area contributed by atoms with E-state index < -0.39 is 10.0 Å². The number of hydrogen-bond acceptors (Lipinski definition) is 4. The number of carbonyl (C=O) groups excluding carboxylic acids is 2. The van der Waals surface area contributed by atoms with Crippen LogP contribution < -0.4 is 15.4 Å². The molecule has 8 nitrogen and oxygen atoms in total. The number of amides is 3. The fraction of sp³-hybridized carbons (Fsp3) is 0.500. The average molecular weight is 368 g/mol. The lowest BCUT2D eigenvalue weighted by molar-refractivity contribution is -0.121. The predicted molar refractivity (Wildman–Crippen MR) is 95.6 cm³/mol. The SMILES string of the molecule is CS(=O)(=O)NCCNC(=O)N1CCCC(C(=O)Nc2ccccc2)C1. The number of urea groups is 1. The van der Waals surface area contributed by atoms with Crippen LogP contribution >= 0.6 is 0 Å². The molecule has 1 saturated heterocycles. The summed E-state index contributed by atoms with van der Waals surface area (Å²) in [5, 5.41) is 5.53. The van der Waals surface area contributed by atoms with Gasteiger partial charge in [-0.25, -0.2) is 17.9 Å². The first kappa shape index (κ1) is 19.2. The number of piperidine rings is 1. The van der Waals surface area contributed by atoms with Crippen molar-refractivity contribution in [3.05, 3.63) is 30.3 Å². The molecule has 3 N–H and O–H groups in total. The Labute approximate surface area is 148 Å². The number of benzene rings is 1. The minimum Gasteiger partial charge on any atom is -0.337 e. The first-order valence-corrected chi connectivity index (χ1v) is 10.1. The normalized spacial score (nSPS) is 17.8. The highest BCUT2D eigenvalue weighted by molar-refractivity contribution is 7.88. The van der Waals surface area contributed by atoms with Crippen molar-refractivity contribution in [3.8, 4) is 0 Å². The zero-order chi connectivity index (χ0) is 18.3. The maximum Gasteiger partial charge on any atom is 0.317 e. The van der Waals surface area contributed by atoms with Crippen LogP contribution in [0.2, 0.25) is 0 Å². The van der Waals surface area contributed by atoms with E-state index in [9.17, 15) is 18.0 Å². The van der Waals surface area contributed by atoms with Crippen molar-refractivity contribution < 1.29 is 18.0 Å². The number of hydrogen-bond donors (Lipinski definition) is 3. The number of nitrogens with one attached hydrogen (secondary N) is 3. The van der Waals surface area contributed by atoms with Gasteiger partial charge in [-0.1, -0.05) is 18.2 Å². The largest absolute Gasteiger partial charge is 0.337 e. The maximum atomic E-state index is 12.4. The van der Waals surface area contributed by atoms with E-state index in [-0.39, 0.29) is 30.9 Å². The zero-order valence-corrected chi connectivity index (χ0v) is 15.0. The monoisotopic (exact) mass is 368 g/mol. The summed E-state index contributed by atoms with van der Waals surface area (Å²) in [6.07, 6.45) is 2.55. The molecule has 0 saturated carbocycles. The van der Waals surface area contributed by atoms with Crippen LogP contribution in [0, 0.1) is 5.92 Å². The van der Waals surface area contributed by atoms with E-state index in [4.69, 9.17) is 0 Å². The van der Waals surface area contributed by atoms with Crippen molar-refractivity contribution >= 4 is 27.6 Å². The molecule has 0 spiro atoms. The smallest absolute Gasteiger partial charge is 0.317 e. The van der Waals surface area contributed by atoms with Crippen molar-refractivity contribution in [2.75, 3.05) is 37.8 Å². The quantitative estimate of drug-likeness (QED) is 0.639. The molecule has 1 heterocycles. The van der Waals surface area contributed by atoms with Gasteiger partial charge in [0, 0.05) is 31.9 Å². The summed E-state index contributed by atoms with van der Waals surface area (Å²) in [7, 11) is -3.26. The molecular formula is C16H24N4O4S. The van der Waals surface area contributed by atoms with Crippen molar-refractivity contribution in [3.63, 3.8) is 0 Å². The number of carbonyl (C=O) groups is 2. The Hall–Kier alpha value is -2.13. The van der Waals surface area contributed by atoms with Crippen molar-refractivity contribution in [1.82, 2.24) is 14.9 Å². The van der Waals surface area contributed by atoms with Crippen molar-refractivity contribution in [1.29, 1.82) is 0 Å². The molecule has 9 heteroatoms. The van der Waals surface area contributed by atoms with Gasteiger partial charge in [0.2, 0.25) is 15.9 Å². The van der Waals surface area contributed by atoms with Crippen LogP contribution in [0.1, 0.15) is 12.8 Å². The maximum absolute atomic E-state index is 12.4. The molecule has 0 radical (unpaired) electrons. The van der Waals surface area contributed by atoms with Gasteiger partial charge >= 0.3 is 6.03 Å². The van der Waals surface area contributed by atoms with E-state index in [1.165, 1.54) is 0 Å². The molecule has 1 unspecified atom stereocenters. The van der Waals surface area contributed by atoms with Gasteiger partial charge in [0.15, 0.2) is 0 Å². The highest BCUT2D eigenvalue weighted by atomic mass is 32.2. The van der Waals surface area contributed by atoms with Gasteiger partial charge in [-0.2, -0.15) is 0 Å². The average Bonchev–Trinajstić information content (AvgIpc) is 2.58. The van der Waals surface area contributed by atoms with Gasteiger partial charge in [-0.3, -0.25) is 4.79 Å². The number of sulfonamides is 1. The molecule has 3 amide bonds. The third kappa shape index (κ3) is 6.71. The Morgan fingerprint density at radius 2 is 1.92 bits per heavy atom. The van der Waals surface area contributed by atoms with Crippen LogP contribution in [0.4, 0.5) is 10.5 Å². The van der Waals surface area contributed by atoms with E-state index in [0.717, 1.165) is 24.8 Å². The van der Waals surface area contributed by atoms with E-state index in [0.29, 0.717) is 13.1 Å². The standard InChI is InChI=1S/C16H24N4O4S/c1-25(23,24)18-10-9-17-16(22)20-11-5-6-13(12-20)15(21)19-14-7-3-2-4-8-14/h2-4,7-8,13,18H,5-6,9-12H2,1H3,(H,17,22)(H,19,21). The summed E-state index contributed by atoms with van der Waals surface area (Å²) in [5.41, 5.74) is 0.737. The van der Waals surface area contributed by atoms with Gasteiger partial charge in [-0.05, 0) is 25.0 Å². The molecule has 1 aliphatic rings. The van der Waals surface area contributed by atoms with Crippen LogP contribution in [0.3, 0.4) is 0 Å². The Morgan fingerprint density at radius 3 is 2.60 bits per heavy atom. The van der Waals surface area contributed by atoms with E-state index in [2.05, 4.69) is 15.4 Å². The van der Waals surface area contributed by atoms with Crippen LogP contribution in [0.25, 0.3) is 0 Å². The third-order valence-electron chi connectivity index (χ3n) is 3.89. The summed E-state index contributed by atoms with van der Waals surface area (Å²) in [6.45, 7) is 1.27. The number of rotatable bonds is 6. The zero-order valence-electron chi connectivity index (χ0n) is 14.2. The molecule has 138 valence electrons. The summed E-state index contributed by atoms with van der Waals surface area (Å²) in [5.74, 6) is -0.351. The van der Waals surface area contributed by atoms with Crippen molar-refractivity contribution in [2.45, 2.75) is 12.8 Å². The summed E-state index contributed by atoms with van der Waals surface area (Å²) in [4.78, 5) is 26.1. The first-order valence-electron chi connectivity index (χ1n) is 8.18. The van der Waals surface area contributed by atoms with Gasteiger partial charge in [-0.15, -0.1) is 0 Å². The molecule has 1 atom stereocenters. The Morgan fingerprint density at radius 1 is 1.20 bits per heavy atom. The predicted octanol–water partition coefficient (Wildman–Crippen LogP) is 0.596. The molecule has 25 heavy (non-hydrogen) atoms. The molecule has 0 bridgehead atoms. The first-order chi connectivity index (χ1) is 11.8. The summed E-state index contributed by atoms with van der Waals surface area (Å²) < 4.78 is 24.2. The number of para-hydroxylation sites is 1. The second kappa shape index (κ2) is 8.82. The lowest BCUT2D eigenvalue weighted by Crippen LogP contribution is -2.49. The Kier molecular flexibility index (Phi) is 6.77. The Balaban J connectivity index is 1.79. The molecule has 0 aliphatic carbocycles. The molecular weight excluding hydrogens is 344 g/mol. The van der Waals surface area contributed by atoms with E-state index >= 15 is 0 Å². The number of likely N-dealkylation sites (tertiary alicyclic amines) is 1. The van der Waals surface area contributed by atoms with Gasteiger partial charge < -0.3 is 15.5 Å². The summed E-state index contributed by atoms with van der Waals surface area (Å²) in [6, 6.07) is 8.93. The summed E-state index contributed by atoms with van der Waals surface area (Å²) >= 11 is 0. The Bertz CT molecular complexity index is 693. The van der Waals surface area contributed by atoms with Crippen molar-refractivity contribution in [2.24, 2.45) is 5.92 Å². The minimum absolute atomic E-state index is 0.0950. The second-order valence-corrected chi connectivity index (χ2v) is 7.87. The number of anilines is 1. The highest BCUT2D eigenvalue weighted by Crippen LogP contribution is 2.18. The fourth-order valence-electron chi connectivity index (χ4n) is 2.66. The topological polar surface area (TPSA) is 108 Å². The van der Waals surface area contributed by atoms with E-state index in [1.807, 2.05) is 30.3 Å². The lowest BCUT2D eigenvalue weighted by Gasteiger charge is -2.32. The molecule has 1 aliphatic heterocycles.